The number of hydrogen-bond acceptors (Lipinski definition) is 7. The highest BCUT2D eigenvalue weighted by Crippen LogP contribution is 2.42. The molecule has 0 saturated carbocycles. The highest BCUT2D eigenvalue weighted by molar-refractivity contribution is 6.06. The van der Waals surface area contributed by atoms with Gasteiger partial charge in [0.1, 0.15) is 23.1 Å². The van der Waals surface area contributed by atoms with Crippen LogP contribution >= 0.6 is 0 Å². The number of amides is 1. The molecule has 0 spiro atoms. The summed E-state index contributed by atoms with van der Waals surface area (Å²) < 4.78 is 17.8. The summed E-state index contributed by atoms with van der Waals surface area (Å²) >= 11 is 0. The van der Waals surface area contributed by atoms with Gasteiger partial charge in [-0.15, -0.1) is 0 Å². The van der Waals surface area contributed by atoms with Crippen molar-refractivity contribution >= 4 is 28.6 Å². The number of carbonyl (C=O) groups is 1. The Kier molecular flexibility index (Phi) is 5.21. The fraction of sp³-hybridized carbons (Fsp3) is 0.231. The maximum atomic E-state index is 14.4. The Morgan fingerprint density at radius 3 is 2.70 bits per heavy atom. The molecule has 1 aromatic carbocycles. The molecule has 0 radical (unpaired) electrons. The third kappa shape index (κ3) is 3.88. The first-order valence-electron chi connectivity index (χ1n) is 11.8. The van der Waals surface area contributed by atoms with Crippen LogP contribution in [0.25, 0.3) is 22.6 Å². The molecule has 0 aliphatic carbocycles. The van der Waals surface area contributed by atoms with Crippen molar-refractivity contribution in [3.8, 4) is 11.5 Å². The number of carbonyl (C=O) groups excluding carboxylic acids is 1. The van der Waals surface area contributed by atoms with Gasteiger partial charge in [-0.1, -0.05) is 18.2 Å². The molecule has 2 N–H and O–H groups in total. The molecule has 0 atom stereocenters. The van der Waals surface area contributed by atoms with E-state index in [1.165, 1.54) is 6.07 Å². The second-order valence-electron chi connectivity index (χ2n) is 9.51. The third-order valence-corrected chi connectivity index (χ3v) is 6.54. The van der Waals surface area contributed by atoms with E-state index in [0.717, 1.165) is 11.1 Å². The molecule has 5 heterocycles. The topological polar surface area (TPSA) is 115 Å². The number of halogens is 1. The Labute approximate surface area is 211 Å². The van der Waals surface area contributed by atoms with Gasteiger partial charge in [0, 0.05) is 25.0 Å². The van der Waals surface area contributed by atoms with Gasteiger partial charge < -0.3 is 10.6 Å². The smallest absolute Gasteiger partial charge is 0.235 e. The van der Waals surface area contributed by atoms with Crippen molar-refractivity contribution in [1.29, 1.82) is 0 Å². The third-order valence-electron chi connectivity index (χ3n) is 6.54. The molecule has 1 aliphatic rings. The van der Waals surface area contributed by atoms with E-state index in [0.29, 0.717) is 46.5 Å². The predicted molar refractivity (Wildman–Crippen MR) is 136 cm³/mol. The average Bonchev–Trinajstić information content (AvgIpc) is 3.53. The predicted octanol–water partition coefficient (Wildman–Crippen LogP) is 3.65. The fourth-order valence-corrected chi connectivity index (χ4v) is 4.56. The van der Waals surface area contributed by atoms with Gasteiger partial charge in [-0.25, -0.2) is 24.0 Å². The second-order valence-corrected chi connectivity index (χ2v) is 9.51. The number of nitrogens with one attached hydrogen (secondary N) is 2. The first-order valence-corrected chi connectivity index (χ1v) is 11.8. The van der Waals surface area contributed by atoms with Gasteiger partial charge in [0.15, 0.2) is 11.5 Å². The van der Waals surface area contributed by atoms with E-state index in [4.69, 9.17) is 15.1 Å². The largest absolute Gasteiger partial charge is 0.364 e. The van der Waals surface area contributed by atoms with E-state index < -0.39 is 5.41 Å². The molecule has 186 valence electrons. The Hall–Kier alpha value is -4.67. The van der Waals surface area contributed by atoms with E-state index in [9.17, 15) is 9.18 Å². The van der Waals surface area contributed by atoms with Gasteiger partial charge in [0.05, 0.1) is 35.1 Å². The van der Waals surface area contributed by atoms with Crippen molar-refractivity contribution in [2.45, 2.75) is 32.4 Å². The van der Waals surface area contributed by atoms with Gasteiger partial charge in [-0.3, -0.25) is 9.48 Å². The standard InChI is InChI=1S/C26H24FN9O/c1-26(2)19-21(29-13-16-10-12-35(3)33-16)30-23(31-22(19)32-25(26)37)20-17-8-6-11-28-24(17)36(34-20)14-15-7-4-5-9-18(15)27/h4-12H,13-14H2,1-3H3,(H2,29,30,31,32,37). The van der Waals surface area contributed by atoms with Crippen LogP contribution < -0.4 is 10.6 Å². The second kappa shape index (κ2) is 8.47. The summed E-state index contributed by atoms with van der Waals surface area (Å²) in [7, 11) is 1.85. The number of aromatic nitrogens is 7. The van der Waals surface area contributed by atoms with Crippen LogP contribution in [0.2, 0.25) is 0 Å². The van der Waals surface area contributed by atoms with Gasteiger partial charge in [-0.2, -0.15) is 10.2 Å². The molecular formula is C26H24FN9O. The van der Waals surface area contributed by atoms with Gasteiger partial charge in [0.25, 0.3) is 0 Å². The minimum atomic E-state index is -0.825. The van der Waals surface area contributed by atoms with Crippen molar-refractivity contribution in [3.63, 3.8) is 0 Å². The summed E-state index contributed by atoms with van der Waals surface area (Å²) in [6.45, 7) is 4.29. The minimum Gasteiger partial charge on any atom is -0.364 e. The number of pyridine rings is 1. The average molecular weight is 498 g/mol. The van der Waals surface area contributed by atoms with Crippen LogP contribution in [0.1, 0.15) is 30.7 Å². The van der Waals surface area contributed by atoms with E-state index in [1.54, 1.807) is 39.8 Å². The molecule has 1 amide bonds. The summed E-state index contributed by atoms with van der Waals surface area (Å²) in [6, 6.07) is 12.2. The molecule has 0 fully saturated rings. The van der Waals surface area contributed by atoms with E-state index in [2.05, 4.69) is 20.7 Å². The Morgan fingerprint density at radius 1 is 1.08 bits per heavy atom. The molecule has 0 bridgehead atoms. The molecule has 10 nitrogen and oxygen atoms in total. The maximum Gasteiger partial charge on any atom is 0.235 e. The number of hydrogen-bond donors (Lipinski definition) is 2. The number of benzene rings is 1. The quantitative estimate of drug-likeness (QED) is 0.368. The van der Waals surface area contributed by atoms with Gasteiger partial charge in [0.2, 0.25) is 5.91 Å². The molecule has 11 heteroatoms. The zero-order valence-corrected chi connectivity index (χ0v) is 20.5. The number of nitrogens with zero attached hydrogens (tertiary/aromatic N) is 7. The SMILES string of the molecule is Cn1ccc(CNc2nc(-c3nn(Cc4ccccc4F)c4ncccc34)nc3c2C(C)(C)C(=O)N3)n1. The summed E-state index contributed by atoms with van der Waals surface area (Å²) in [4.78, 5) is 26.8. The molecular weight excluding hydrogens is 473 g/mol. The van der Waals surface area contributed by atoms with Crippen molar-refractivity contribution in [2.24, 2.45) is 7.05 Å². The summed E-state index contributed by atoms with van der Waals surface area (Å²) in [5, 5.41) is 16.1. The van der Waals surface area contributed by atoms with Gasteiger partial charge >= 0.3 is 0 Å². The van der Waals surface area contributed by atoms with E-state index in [-0.39, 0.29) is 18.3 Å². The monoisotopic (exact) mass is 497 g/mol. The number of anilines is 2. The zero-order chi connectivity index (χ0) is 25.7. The van der Waals surface area contributed by atoms with Crippen LogP contribution in [0.4, 0.5) is 16.0 Å². The number of rotatable bonds is 6. The van der Waals surface area contributed by atoms with E-state index >= 15 is 0 Å². The van der Waals surface area contributed by atoms with Crippen LogP contribution in [0, 0.1) is 5.82 Å². The zero-order valence-electron chi connectivity index (χ0n) is 20.5. The van der Waals surface area contributed by atoms with Crippen molar-refractivity contribution in [1.82, 2.24) is 34.5 Å². The minimum absolute atomic E-state index is 0.161. The van der Waals surface area contributed by atoms with Crippen LogP contribution in [0.15, 0.2) is 54.9 Å². The Morgan fingerprint density at radius 2 is 1.92 bits per heavy atom. The normalized spacial score (nSPS) is 14.1. The molecule has 37 heavy (non-hydrogen) atoms. The summed E-state index contributed by atoms with van der Waals surface area (Å²) in [5.74, 6) is 0.805. The Balaban J connectivity index is 1.47. The highest BCUT2D eigenvalue weighted by atomic mass is 19.1. The highest BCUT2D eigenvalue weighted by Gasteiger charge is 2.43. The number of fused-ring (bicyclic) bond motifs is 2. The van der Waals surface area contributed by atoms with Crippen molar-refractivity contribution in [2.75, 3.05) is 10.6 Å². The first-order chi connectivity index (χ1) is 17.8. The summed E-state index contributed by atoms with van der Waals surface area (Å²) in [5.41, 5.74) is 2.25. The first kappa shape index (κ1) is 22.8. The van der Waals surface area contributed by atoms with Crippen LogP contribution in [-0.2, 0) is 30.3 Å². The summed E-state index contributed by atoms with van der Waals surface area (Å²) in [6.07, 6.45) is 3.53. The molecule has 0 saturated heterocycles. The fourth-order valence-electron chi connectivity index (χ4n) is 4.56. The molecule has 5 aromatic rings. The number of aryl methyl sites for hydroxylation is 1. The lowest BCUT2D eigenvalue weighted by Gasteiger charge is -2.18. The van der Waals surface area contributed by atoms with E-state index in [1.807, 2.05) is 39.2 Å². The lowest BCUT2D eigenvalue weighted by Crippen LogP contribution is -2.27. The van der Waals surface area contributed by atoms with Crippen LogP contribution in [0.3, 0.4) is 0 Å². The van der Waals surface area contributed by atoms with Crippen molar-refractivity contribution in [3.05, 3.63) is 77.5 Å². The molecule has 4 aromatic heterocycles. The molecule has 0 unspecified atom stereocenters. The maximum absolute atomic E-state index is 14.4. The van der Waals surface area contributed by atoms with Crippen LogP contribution in [0.5, 0.6) is 0 Å². The molecule has 6 rings (SSSR count). The van der Waals surface area contributed by atoms with Crippen LogP contribution in [-0.4, -0.2) is 40.4 Å². The molecule has 1 aliphatic heterocycles. The Bertz CT molecular complexity index is 1670. The lowest BCUT2D eigenvalue weighted by atomic mass is 9.87. The lowest BCUT2D eigenvalue weighted by molar-refractivity contribution is -0.119. The van der Waals surface area contributed by atoms with Gasteiger partial charge in [-0.05, 0) is 38.1 Å². The van der Waals surface area contributed by atoms with Crippen molar-refractivity contribution < 1.29 is 9.18 Å².